The minimum atomic E-state index is -0.217. The number of carbonyl (C=O) groups is 1. The van der Waals surface area contributed by atoms with Crippen molar-refractivity contribution in [2.45, 2.75) is 45.8 Å². The third-order valence-corrected chi connectivity index (χ3v) is 5.12. The molecule has 0 atom stereocenters. The van der Waals surface area contributed by atoms with Gasteiger partial charge >= 0.3 is 6.09 Å². The Bertz CT molecular complexity index is 813. The molecule has 0 aliphatic carbocycles. The molecule has 0 saturated carbocycles. The van der Waals surface area contributed by atoms with Gasteiger partial charge in [0.1, 0.15) is 0 Å². The van der Waals surface area contributed by atoms with Crippen molar-refractivity contribution in [3.63, 3.8) is 0 Å². The maximum absolute atomic E-state index is 11.9. The van der Waals surface area contributed by atoms with Crippen molar-refractivity contribution < 1.29 is 9.53 Å². The molecule has 1 saturated heterocycles. The second-order valence-corrected chi connectivity index (χ2v) is 7.27. The molecule has 0 unspecified atom stereocenters. The second-order valence-electron chi connectivity index (χ2n) is 7.27. The second kappa shape index (κ2) is 11.2. The van der Waals surface area contributed by atoms with Crippen molar-refractivity contribution in [3.05, 3.63) is 53.9 Å². The molecule has 0 spiro atoms. The zero-order valence-electron chi connectivity index (χ0n) is 17.9. The maximum atomic E-state index is 11.9. The molecule has 1 aliphatic heterocycles. The van der Waals surface area contributed by atoms with Gasteiger partial charge in [-0.3, -0.25) is 4.68 Å². The number of likely N-dealkylation sites (tertiary alicyclic amines) is 1. The number of hydrogen-bond donors (Lipinski definition) is 2. The van der Waals surface area contributed by atoms with Crippen molar-refractivity contribution in [3.8, 4) is 0 Å². The Balaban J connectivity index is 1.58. The van der Waals surface area contributed by atoms with Crippen LogP contribution in [0.4, 0.5) is 4.79 Å². The van der Waals surface area contributed by atoms with Gasteiger partial charge in [0.2, 0.25) is 0 Å². The molecule has 0 bridgehead atoms. The number of nitrogens with one attached hydrogen (secondary N) is 2. The fourth-order valence-corrected chi connectivity index (χ4v) is 3.53. The summed E-state index contributed by atoms with van der Waals surface area (Å²) in [6, 6.07) is 10.5. The number of benzene rings is 1. The van der Waals surface area contributed by atoms with Gasteiger partial charge in [0.15, 0.2) is 5.96 Å². The lowest BCUT2D eigenvalue weighted by Gasteiger charge is -2.32. The van der Waals surface area contributed by atoms with Gasteiger partial charge in [0.05, 0.1) is 19.7 Å². The largest absolute Gasteiger partial charge is 0.450 e. The van der Waals surface area contributed by atoms with Gasteiger partial charge in [-0.2, -0.15) is 5.10 Å². The molecule has 2 aromatic rings. The highest BCUT2D eigenvalue weighted by Crippen LogP contribution is 2.13. The molecule has 8 heteroatoms. The van der Waals surface area contributed by atoms with Crippen LogP contribution in [0, 0.1) is 0 Å². The van der Waals surface area contributed by atoms with Gasteiger partial charge < -0.3 is 20.3 Å². The molecule has 30 heavy (non-hydrogen) atoms. The Labute approximate surface area is 178 Å². The highest BCUT2D eigenvalue weighted by Gasteiger charge is 2.24. The Morgan fingerprint density at radius 2 is 1.97 bits per heavy atom. The van der Waals surface area contributed by atoms with E-state index in [2.05, 4.69) is 34.8 Å². The van der Waals surface area contributed by atoms with Crippen LogP contribution >= 0.6 is 0 Å². The molecule has 2 N–H and O–H groups in total. The standard InChI is InChI=1S/C22H32N6O2/c1-3-23-21(26-20-10-14-27(15-11-20)22(29)30-4-2)24-16-18-8-5-6-9-19(18)17-28-13-7-12-25-28/h5-9,12-13,20H,3-4,10-11,14-17H2,1-2H3,(H2,23,24,26). The molecule has 1 amide bonds. The smallest absolute Gasteiger partial charge is 0.409 e. The van der Waals surface area contributed by atoms with Crippen LogP contribution < -0.4 is 10.6 Å². The first kappa shape index (κ1) is 21.7. The van der Waals surface area contributed by atoms with E-state index in [9.17, 15) is 4.79 Å². The molecule has 0 radical (unpaired) electrons. The van der Waals surface area contributed by atoms with Crippen molar-refractivity contribution in [1.29, 1.82) is 0 Å². The first-order valence-corrected chi connectivity index (χ1v) is 10.7. The van der Waals surface area contributed by atoms with Gasteiger partial charge in [0.25, 0.3) is 0 Å². The summed E-state index contributed by atoms with van der Waals surface area (Å²) in [6.45, 7) is 7.82. The number of aromatic nitrogens is 2. The van der Waals surface area contributed by atoms with Crippen LogP contribution in [0.1, 0.15) is 37.8 Å². The van der Waals surface area contributed by atoms with Crippen molar-refractivity contribution in [2.24, 2.45) is 4.99 Å². The number of carbonyl (C=O) groups excluding carboxylic acids is 1. The monoisotopic (exact) mass is 412 g/mol. The molecular formula is C22H32N6O2. The van der Waals surface area contributed by atoms with Crippen LogP contribution in [0.15, 0.2) is 47.7 Å². The number of guanidine groups is 1. The van der Waals surface area contributed by atoms with Gasteiger partial charge in [-0.25, -0.2) is 9.79 Å². The van der Waals surface area contributed by atoms with Crippen LogP contribution in [0.25, 0.3) is 0 Å². The van der Waals surface area contributed by atoms with E-state index in [1.807, 2.05) is 36.0 Å². The predicted molar refractivity (Wildman–Crippen MR) is 117 cm³/mol. The average Bonchev–Trinajstić information content (AvgIpc) is 3.27. The highest BCUT2D eigenvalue weighted by atomic mass is 16.6. The van der Waals surface area contributed by atoms with Gasteiger partial charge in [-0.15, -0.1) is 0 Å². The zero-order chi connectivity index (χ0) is 21.2. The summed E-state index contributed by atoms with van der Waals surface area (Å²) >= 11 is 0. The summed E-state index contributed by atoms with van der Waals surface area (Å²) in [5.74, 6) is 0.806. The van der Waals surface area contributed by atoms with E-state index in [1.54, 1.807) is 11.1 Å². The van der Waals surface area contributed by atoms with Crippen LogP contribution in [0.2, 0.25) is 0 Å². The average molecular weight is 413 g/mol. The third kappa shape index (κ3) is 6.23. The molecule has 162 valence electrons. The SMILES string of the molecule is CCNC(=NCc1ccccc1Cn1cccn1)NC1CCN(C(=O)OCC)CC1. The normalized spacial score (nSPS) is 15.1. The fraction of sp³-hybridized carbons (Fsp3) is 0.500. The Morgan fingerprint density at radius 3 is 2.63 bits per heavy atom. The lowest BCUT2D eigenvalue weighted by Crippen LogP contribution is -2.49. The maximum Gasteiger partial charge on any atom is 0.409 e. The van der Waals surface area contributed by atoms with E-state index in [4.69, 9.17) is 9.73 Å². The number of nitrogens with zero attached hydrogens (tertiary/aromatic N) is 4. The topological polar surface area (TPSA) is 83.8 Å². The Hall–Kier alpha value is -3.03. The van der Waals surface area contributed by atoms with Crippen molar-refractivity contribution in [2.75, 3.05) is 26.2 Å². The fourth-order valence-electron chi connectivity index (χ4n) is 3.53. The van der Waals surface area contributed by atoms with E-state index in [0.29, 0.717) is 26.2 Å². The quantitative estimate of drug-likeness (QED) is 0.540. The van der Waals surface area contributed by atoms with E-state index < -0.39 is 0 Å². The molecule has 8 nitrogen and oxygen atoms in total. The van der Waals surface area contributed by atoms with Gasteiger partial charge in [-0.1, -0.05) is 24.3 Å². The number of rotatable bonds is 7. The molecule has 3 rings (SSSR count). The highest BCUT2D eigenvalue weighted by molar-refractivity contribution is 5.80. The minimum absolute atomic E-state index is 0.217. The summed E-state index contributed by atoms with van der Waals surface area (Å²) in [7, 11) is 0. The molecular weight excluding hydrogens is 380 g/mol. The van der Waals surface area contributed by atoms with E-state index in [-0.39, 0.29) is 12.1 Å². The number of hydrogen-bond acceptors (Lipinski definition) is 4. The molecule has 1 aromatic carbocycles. The number of piperidine rings is 1. The van der Waals surface area contributed by atoms with Crippen molar-refractivity contribution in [1.82, 2.24) is 25.3 Å². The number of aliphatic imine (C=N–C) groups is 1. The molecule has 1 aromatic heterocycles. The Kier molecular flexibility index (Phi) is 8.11. The summed E-state index contributed by atoms with van der Waals surface area (Å²) in [6.07, 6.45) is 5.29. The van der Waals surface area contributed by atoms with Crippen LogP contribution in [-0.4, -0.2) is 59.0 Å². The lowest BCUT2D eigenvalue weighted by atomic mass is 10.1. The minimum Gasteiger partial charge on any atom is -0.450 e. The van der Waals surface area contributed by atoms with Crippen LogP contribution in [0.3, 0.4) is 0 Å². The van der Waals surface area contributed by atoms with Crippen molar-refractivity contribution >= 4 is 12.1 Å². The molecule has 1 fully saturated rings. The van der Waals surface area contributed by atoms with E-state index in [0.717, 1.165) is 31.9 Å². The third-order valence-electron chi connectivity index (χ3n) is 5.12. The molecule has 2 heterocycles. The number of amides is 1. The van der Waals surface area contributed by atoms with Crippen LogP contribution in [-0.2, 0) is 17.8 Å². The first-order chi connectivity index (χ1) is 14.7. The van der Waals surface area contributed by atoms with E-state index in [1.165, 1.54) is 11.1 Å². The lowest BCUT2D eigenvalue weighted by molar-refractivity contribution is 0.0963. The zero-order valence-corrected chi connectivity index (χ0v) is 17.9. The summed E-state index contributed by atoms with van der Waals surface area (Å²) in [5.41, 5.74) is 2.39. The first-order valence-electron chi connectivity index (χ1n) is 10.7. The van der Waals surface area contributed by atoms with Gasteiger partial charge in [-0.05, 0) is 43.9 Å². The molecule has 1 aliphatic rings. The van der Waals surface area contributed by atoms with Crippen LogP contribution in [0.5, 0.6) is 0 Å². The number of ether oxygens (including phenoxy) is 1. The van der Waals surface area contributed by atoms with E-state index >= 15 is 0 Å². The summed E-state index contributed by atoms with van der Waals surface area (Å²) in [5, 5.41) is 11.2. The predicted octanol–water partition coefficient (Wildman–Crippen LogP) is 2.61. The van der Waals surface area contributed by atoms with Gasteiger partial charge in [0, 0.05) is 38.1 Å². The summed E-state index contributed by atoms with van der Waals surface area (Å²) in [4.78, 5) is 18.5. The summed E-state index contributed by atoms with van der Waals surface area (Å²) < 4.78 is 7.02. The Morgan fingerprint density at radius 1 is 1.20 bits per heavy atom.